The van der Waals surface area contributed by atoms with Gasteiger partial charge in [0.1, 0.15) is 0 Å². The van der Waals surface area contributed by atoms with Gasteiger partial charge in [-0.1, -0.05) is 0 Å². The van der Waals surface area contributed by atoms with Crippen molar-refractivity contribution in [2.24, 2.45) is 0 Å². The second-order valence-electron chi connectivity index (χ2n) is 4.99. The molecule has 0 aliphatic carbocycles. The summed E-state index contributed by atoms with van der Waals surface area (Å²) in [5, 5.41) is 0.639. The third kappa shape index (κ3) is 2.59. The lowest BCUT2D eigenvalue weighted by Gasteiger charge is -2.11. The van der Waals surface area contributed by atoms with Crippen molar-refractivity contribution in [2.75, 3.05) is 0 Å². The lowest BCUT2D eigenvalue weighted by atomic mass is 10.2. The summed E-state index contributed by atoms with van der Waals surface area (Å²) >= 11 is 0. The van der Waals surface area contributed by atoms with Crippen molar-refractivity contribution in [1.29, 1.82) is 0 Å². The fourth-order valence-electron chi connectivity index (χ4n) is 2.37. The topological polar surface area (TPSA) is 52.0 Å². The SMILES string of the molecule is Cc1cc2cccnc2n1S(=O)(=O)c1ccc(C(F)(F)F)cc1. The lowest BCUT2D eigenvalue weighted by Crippen LogP contribution is -2.15. The van der Waals surface area contributed by atoms with E-state index >= 15 is 0 Å². The van der Waals surface area contributed by atoms with E-state index in [0.717, 1.165) is 28.2 Å². The van der Waals surface area contributed by atoms with Crippen LogP contribution in [0.15, 0.2) is 53.6 Å². The first-order valence-corrected chi connectivity index (χ1v) is 8.01. The van der Waals surface area contributed by atoms with E-state index in [4.69, 9.17) is 0 Å². The molecule has 0 bridgehead atoms. The van der Waals surface area contributed by atoms with Crippen LogP contribution in [0.4, 0.5) is 13.2 Å². The number of fused-ring (bicyclic) bond motifs is 1. The Kier molecular flexibility index (Phi) is 3.44. The number of alkyl halides is 3. The molecular formula is C15H11F3N2O2S. The molecule has 2 heterocycles. The maximum absolute atomic E-state index is 12.7. The van der Waals surface area contributed by atoms with Crippen LogP contribution in [0.2, 0.25) is 0 Å². The van der Waals surface area contributed by atoms with Crippen molar-refractivity contribution in [1.82, 2.24) is 8.96 Å². The van der Waals surface area contributed by atoms with Gasteiger partial charge in [-0.2, -0.15) is 13.2 Å². The van der Waals surface area contributed by atoms with Gasteiger partial charge in [-0.05, 0) is 49.4 Å². The van der Waals surface area contributed by atoms with Gasteiger partial charge in [-0.15, -0.1) is 0 Å². The van der Waals surface area contributed by atoms with Gasteiger partial charge in [0.15, 0.2) is 5.65 Å². The number of benzene rings is 1. The Morgan fingerprint density at radius 2 is 1.74 bits per heavy atom. The van der Waals surface area contributed by atoms with Gasteiger partial charge < -0.3 is 0 Å². The number of rotatable bonds is 2. The zero-order valence-electron chi connectivity index (χ0n) is 11.9. The predicted octanol–water partition coefficient (Wildman–Crippen LogP) is 3.60. The summed E-state index contributed by atoms with van der Waals surface area (Å²) < 4.78 is 64.3. The second kappa shape index (κ2) is 5.09. The largest absolute Gasteiger partial charge is 0.416 e. The molecule has 0 aliphatic rings. The van der Waals surface area contributed by atoms with Crippen molar-refractivity contribution in [3.63, 3.8) is 0 Å². The second-order valence-corrected chi connectivity index (χ2v) is 6.78. The summed E-state index contributed by atoms with van der Waals surface area (Å²) in [5.41, 5.74) is -0.229. The summed E-state index contributed by atoms with van der Waals surface area (Å²) in [4.78, 5) is 3.83. The van der Waals surface area contributed by atoms with E-state index in [0.29, 0.717) is 11.1 Å². The molecule has 2 aromatic heterocycles. The monoisotopic (exact) mass is 340 g/mol. The third-order valence-electron chi connectivity index (χ3n) is 3.41. The Morgan fingerprint density at radius 1 is 1.09 bits per heavy atom. The fraction of sp³-hybridized carbons (Fsp3) is 0.133. The molecule has 0 fully saturated rings. The van der Waals surface area contributed by atoms with E-state index in [9.17, 15) is 21.6 Å². The van der Waals surface area contributed by atoms with Gasteiger partial charge in [-0.3, -0.25) is 0 Å². The van der Waals surface area contributed by atoms with E-state index < -0.39 is 21.8 Å². The highest BCUT2D eigenvalue weighted by atomic mass is 32.2. The minimum absolute atomic E-state index is 0.225. The normalized spacial score (nSPS) is 12.7. The van der Waals surface area contributed by atoms with E-state index in [-0.39, 0.29) is 10.5 Å². The van der Waals surface area contributed by atoms with Crippen LogP contribution in [-0.2, 0) is 16.2 Å². The Bertz CT molecular complexity index is 974. The van der Waals surface area contributed by atoms with E-state index in [2.05, 4.69) is 4.98 Å². The van der Waals surface area contributed by atoms with E-state index in [1.165, 1.54) is 6.20 Å². The van der Waals surface area contributed by atoms with Gasteiger partial charge in [-0.25, -0.2) is 17.4 Å². The van der Waals surface area contributed by atoms with Crippen LogP contribution in [0, 0.1) is 6.92 Å². The molecule has 0 saturated heterocycles. The number of pyridine rings is 1. The molecule has 0 aliphatic heterocycles. The standard InChI is InChI=1S/C15H11F3N2O2S/c1-10-9-11-3-2-8-19-14(11)20(10)23(21,22)13-6-4-12(5-7-13)15(16,17)18/h2-9H,1H3. The van der Waals surface area contributed by atoms with Crippen molar-refractivity contribution in [2.45, 2.75) is 18.0 Å². The maximum atomic E-state index is 12.7. The first-order valence-electron chi connectivity index (χ1n) is 6.57. The number of nitrogens with zero attached hydrogens (tertiary/aromatic N) is 2. The molecule has 3 rings (SSSR count). The molecular weight excluding hydrogens is 329 g/mol. The van der Waals surface area contributed by atoms with Crippen LogP contribution in [-0.4, -0.2) is 17.4 Å². The molecule has 0 N–H and O–H groups in total. The van der Waals surface area contributed by atoms with Gasteiger partial charge >= 0.3 is 6.18 Å². The number of halogens is 3. The van der Waals surface area contributed by atoms with Crippen molar-refractivity contribution in [3.8, 4) is 0 Å². The van der Waals surface area contributed by atoms with Crippen LogP contribution in [0.1, 0.15) is 11.3 Å². The average molecular weight is 340 g/mol. The fourth-order valence-corrected chi connectivity index (χ4v) is 3.87. The van der Waals surface area contributed by atoms with Crippen molar-refractivity contribution in [3.05, 3.63) is 59.9 Å². The molecule has 1 aromatic carbocycles. The highest BCUT2D eigenvalue weighted by molar-refractivity contribution is 7.90. The number of hydrogen-bond acceptors (Lipinski definition) is 3. The summed E-state index contributed by atoms with van der Waals surface area (Å²) in [7, 11) is -4.03. The number of hydrogen-bond donors (Lipinski definition) is 0. The zero-order valence-corrected chi connectivity index (χ0v) is 12.7. The smallest absolute Gasteiger partial charge is 0.237 e. The molecule has 23 heavy (non-hydrogen) atoms. The van der Waals surface area contributed by atoms with E-state index in [1.54, 1.807) is 25.1 Å². The molecule has 3 aromatic rings. The predicted molar refractivity (Wildman–Crippen MR) is 78.5 cm³/mol. The Labute approximate surface area is 130 Å². The van der Waals surface area contributed by atoms with Crippen molar-refractivity contribution < 1.29 is 21.6 Å². The first kappa shape index (κ1) is 15.5. The summed E-state index contributed by atoms with van der Waals surface area (Å²) in [6.07, 6.45) is -3.06. The number of aryl methyl sites for hydroxylation is 1. The highest BCUT2D eigenvalue weighted by Crippen LogP contribution is 2.30. The molecule has 0 spiro atoms. The maximum Gasteiger partial charge on any atom is 0.416 e. The third-order valence-corrected chi connectivity index (χ3v) is 5.22. The molecule has 0 atom stereocenters. The molecule has 8 heteroatoms. The van der Waals surface area contributed by atoms with E-state index in [1.807, 2.05) is 0 Å². The zero-order chi connectivity index (χ0) is 16.8. The van der Waals surface area contributed by atoms with Crippen LogP contribution >= 0.6 is 0 Å². The molecule has 4 nitrogen and oxygen atoms in total. The van der Waals surface area contributed by atoms with Crippen molar-refractivity contribution >= 4 is 21.1 Å². The Balaban J connectivity index is 2.16. The lowest BCUT2D eigenvalue weighted by molar-refractivity contribution is -0.137. The molecule has 0 saturated carbocycles. The molecule has 0 unspecified atom stereocenters. The Morgan fingerprint density at radius 3 is 2.35 bits per heavy atom. The minimum atomic E-state index is -4.51. The minimum Gasteiger partial charge on any atom is -0.237 e. The van der Waals surface area contributed by atoms with Gasteiger partial charge in [0.05, 0.1) is 10.5 Å². The summed E-state index contributed by atoms with van der Waals surface area (Å²) in [6, 6.07) is 8.45. The van der Waals surface area contributed by atoms with Gasteiger partial charge in [0, 0.05) is 17.3 Å². The highest BCUT2D eigenvalue weighted by Gasteiger charge is 2.31. The van der Waals surface area contributed by atoms with Crippen LogP contribution in [0.3, 0.4) is 0 Å². The first-order chi connectivity index (χ1) is 10.7. The summed E-state index contributed by atoms with van der Waals surface area (Å²) in [5.74, 6) is 0. The molecule has 120 valence electrons. The molecule has 0 radical (unpaired) electrons. The van der Waals surface area contributed by atoms with Gasteiger partial charge in [0.25, 0.3) is 10.0 Å². The van der Waals surface area contributed by atoms with Gasteiger partial charge in [0.2, 0.25) is 0 Å². The summed E-state index contributed by atoms with van der Waals surface area (Å²) in [6.45, 7) is 1.60. The quantitative estimate of drug-likeness (QED) is 0.716. The van der Waals surface area contributed by atoms with Crippen LogP contribution in [0.5, 0.6) is 0 Å². The van der Waals surface area contributed by atoms with Crippen LogP contribution < -0.4 is 0 Å². The average Bonchev–Trinajstić information content (AvgIpc) is 2.83. The van der Waals surface area contributed by atoms with Crippen LogP contribution in [0.25, 0.3) is 11.0 Å². The Hall–Kier alpha value is -2.35. The molecule has 0 amide bonds. The number of aromatic nitrogens is 2.